The Morgan fingerprint density at radius 1 is 1.47 bits per heavy atom. The summed E-state index contributed by atoms with van der Waals surface area (Å²) in [6, 6.07) is 0. The van der Waals surface area contributed by atoms with Crippen molar-refractivity contribution in [3.05, 3.63) is 0 Å². The van der Waals surface area contributed by atoms with E-state index in [4.69, 9.17) is 0 Å². The summed E-state index contributed by atoms with van der Waals surface area (Å²) in [5.41, 5.74) is -0.465. The van der Waals surface area contributed by atoms with Crippen molar-refractivity contribution < 1.29 is 9.90 Å². The van der Waals surface area contributed by atoms with Gasteiger partial charge in [0.05, 0.1) is 5.41 Å². The Labute approximate surface area is 105 Å². The second-order valence-corrected chi connectivity index (χ2v) is 5.52. The van der Waals surface area contributed by atoms with Crippen LogP contribution in [0.4, 0.5) is 0 Å². The van der Waals surface area contributed by atoms with Gasteiger partial charge in [-0.15, -0.1) is 0 Å². The van der Waals surface area contributed by atoms with Gasteiger partial charge in [-0.2, -0.15) is 0 Å². The Morgan fingerprint density at radius 3 is 2.71 bits per heavy atom. The molecule has 0 saturated carbocycles. The summed E-state index contributed by atoms with van der Waals surface area (Å²) < 4.78 is 0. The van der Waals surface area contributed by atoms with E-state index in [2.05, 4.69) is 30.8 Å². The van der Waals surface area contributed by atoms with Gasteiger partial charge in [0.15, 0.2) is 0 Å². The fraction of sp³-hybridized carbons (Fsp3) is 0.923. The normalized spacial score (nSPS) is 25.6. The summed E-state index contributed by atoms with van der Waals surface area (Å²) in [4.78, 5) is 15.9. The third-order valence-corrected chi connectivity index (χ3v) is 3.69. The quantitative estimate of drug-likeness (QED) is 0.735. The van der Waals surface area contributed by atoms with Crippen LogP contribution < -0.4 is 0 Å². The second kappa shape index (κ2) is 6.36. The third-order valence-electron chi connectivity index (χ3n) is 3.69. The first-order valence-electron chi connectivity index (χ1n) is 6.60. The zero-order chi connectivity index (χ0) is 12.9. The lowest BCUT2D eigenvalue weighted by molar-refractivity contribution is -0.148. The monoisotopic (exact) mass is 242 g/mol. The van der Waals surface area contributed by atoms with Gasteiger partial charge in [-0.1, -0.05) is 13.3 Å². The molecule has 1 heterocycles. The van der Waals surface area contributed by atoms with Crippen LogP contribution in [0.3, 0.4) is 0 Å². The van der Waals surface area contributed by atoms with Gasteiger partial charge in [0, 0.05) is 6.54 Å². The topological polar surface area (TPSA) is 43.8 Å². The Kier molecular flexibility index (Phi) is 5.40. The first-order valence-corrected chi connectivity index (χ1v) is 6.60. The molecule has 1 aliphatic rings. The molecule has 100 valence electrons. The van der Waals surface area contributed by atoms with Gasteiger partial charge in [-0.05, 0) is 53.0 Å². The van der Waals surface area contributed by atoms with Crippen molar-refractivity contribution in [1.29, 1.82) is 0 Å². The van der Waals surface area contributed by atoms with Crippen molar-refractivity contribution in [2.45, 2.75) is 32.6 Å². The molecule has 0 aromatic carbocycles. The lowest BCUT2D eigenvalue weighted by atomic mass is 9.83. The maximum atomic E-state index is 11.4. The maximum Gasteiger partial charge on any atom is 0.310 e. The summed E-state index contributed by atoms with van der Waals surface area (Å²) in [7, 11) is 4.14. The number of carboxylic acid groups (broad SMARTS) is 1. The summed E-state index contributed by atoms with van der Waals surface area (Å²) in [5, 5.41) is 9.39. The van der Waals surface area contributed by atoms with Gasteiger partial charge in [0.2, 0.25) is 0 Å². The largest absolute Gasteiger partial charge is 0.481 e. The van der Waals surface area contributed by atoms with E-state index in [0.29, 0.717) is 0 Å². The third kappa shape index (κ3) is 3.96. The molecule has 0 spiro atoms. The first-order chi connectivity index (χ1) is 8.00. The summed E-state index contributed by atoms with van der Waals surface area (Å²) in [6.45, 7) is 5.85. The van der Waals surface area contributed by atoms with Gasteiger partial charge in [0.1, 0.15) is 0 Å². The van der Waals surface area contributed by atoms with E-state index in [9.17, 15) is 9.90 Å². The minimum absolute atomic E-state index is 0.465. The highest BCUT2D eigenvalue weighted by atomic mass is 16.4. The number of carboxylic acids is 1. The lowest BCUT2D eigenvalue weighted by Crippen LogP contribution is -2.35. The predicted molar refractivity (Wildman–Crippen MR) is 69.2 cm³/mol. The molecule has 1 atom stereocenters. The minimum atomic E-state index is -0.602. The van der Waals surface area contributed by atoms with Gasteiger partial charge in [0.25, 0.3) is 0 Å². The van der Waals surface area contributed by atoms with Crippen LogP contribution in [0.15, 0.2) is 0 Å². The highest BCUT2D eigenvalue weighted by molar-refractivity contribution is 5.75. The van der Waals surface area contributed by atoms with Gasteiger partial charge >= 0.3 is 5.97 Å². The Bertz CT molecular complexity index is 256. The number of aliphatic carboxylic acids is 1. The van der Waals surface area contributed by atoms with Crippen LogP contribution in [-0.2, 0) is 4.79 Å². The molecule has 0 aromatic rings. The van der Waals surface area contributed by atoms with Crippen molar-refractivity contribution in [2.75, 3.05) is 40.3 Å². The number of hydrogen-bond acceptors (Lipinski definition) is 3. The predicted octanol–water partition coefficient (Wildman–Crippen LogP) is 1.51. The molecule has 1 unspecified atom stereocenters. The van der Waals surface area contributed by atoms with E-state index in [-0.39, 0.29) is 0 Å². The van der Waals surface area contributed by atoms with Gasteiger partial charge in [-0.3, -0.25) is 4.79 Å². The van der Waals surface area contributed by atoms with Crippen LogP contribution >= 0.6 is 0 Å². The molecule has 1 saturated heterocycles. The maximum absolute atomic E-state index is 11.4. The summed E-state index contributed by atoms with van der Waals surface area (Å²) >= 11 is 0. The van der Waals surface area contributed by atoms with Crippen molar-refractivity contribution in [3.8, 4) is 0 Å². The Morgan fingerprint density at radius 2 is 2.18 bits per heavy atom. The van der Waals surface area contributed by atoms with Crippen LogP contribution in [-0.4, -0.2) is 61.2 Å². The average molecular weight is 242 g/mol. The number of nitrogens with zero attached hydrogens (tertiary/aromatic N) is 2. The first kappa shape index (κ1) is 14.5. The van der Waals surface area contributed by atoms with Crippen molar-refractivity contribution in [1.82, 2.24) is 9.80 Å². The fourth-order valence-electron chi connectivity index (χ4n) is 2.72. The van der Waals surface area contributed by atoms with E-state index >= 15 is 0 Å². The molecule has 4 nitrogen and oxygen atoms in total. The molecule has 1 aliphatic heterocycles. The molecular formula is C13H26N2O2. The minimum Gasteiger partial charge on any atom is -0.481 e. The Balaban J connectivity index is 2.41. The molecule has 1 fully saturated rings. The summed E-state index contributed by atoms with van der Waals surface area (Å²) in [6.07, 6.45) is 3.71. The van der Waals surface area contributed by atoms with Crippen molar-refractivity contribution >= 4 is 5.97 Å². The molecule has 0 aromatic heterocycles. The van der Waals surface area contributed by atoms with E-state index in [1.54, 1.807) is 0 Å². The number of rotatable bonds is 7. The molecule has 0 bridgehead atoms. The molecule has 17 heavy (non-hydrogen) atoms. The molecule has 1 N–H and O–H groups in total. The standard InChI is InChI=1S/C13H26N2O2/c1-4-6-13(12(16)17)7-10-15(11-13)9-5-8-14(2)3/h4-11H2,1-3H3,(H,16,17). The number of carbonyl (C=O) groups is 1. The Hall–Kier alpha value is -0.610. The SMILES string of the molecule is CCCC1(C(=O)O)CCN(CCCN(C)C)C1. The molecule has 4 heteroatoms. The number of hydrogen-bond donors (Lipinski definition) is 1. The van der Waals surface area contributed by atoms with E-state index in [1.807, 2.05) is 0 Å². The smallest absolute Gasteiger partial charge is 0.310 e. The zero-order valence-electron chi connectivity index (χ0n) is 11.4. The highest BCUT2D eigenvalue weighted by Gasteiger charge is 2.43. The molecule has 1 rings (SSSR count). The van der Waals surface area contributed by atoms with E-state index < -0.39 is 11.4 Å². The average Bonchev–Trinajstić information content (AvgIpc) is 2.63. The zero-order valence-corrected chi connectivity index (χ0v) is 11.4. The van der Waals surface area contributed by atoms with Crippen LogP contribution in [0.25, 0.3) is 0 Å². The number of likely N-dealkylation sites (tertiary alicyclic amines) is 1. The second-order valence-electron chi connectivity index (χ2n) is 5.52. The lowest BCUT2D eigenvalue weighted by Gasteiger charge is -2.24. The molecular weight excluding hydrogens is 216 g/mol. The van der Waals surface area contributed by atoms with E-state index in [0.717, 1.165) is 51.9 Å². The summed E-state index contributed by atoms with van der Waals surface area (Å²) in [5.74, 6) is -0.602. The fourth-order valence-corrected chi connectivity index (χ4v) is 2.72. The van der Waals surface area contributed by atoms with Gasteiger partial charge < -0.3 is 14.9 Å². The van der Waals surface area contributed by atoms with Gasteiger partial charge in [-0.25, -0.2) is 0 Å². The van der Waals surface area contributed by atoms with Crippen LogP contribution in [0.2, 0.25) is 0 Å². The van der Waals surface area contributed by atoms with Crippen LogP contribution in [0.1, 0.15) is 32.6 Å². The molecule has 0 amide bonds. The van der Waals surface area contributed by atoms with Crippen LogP contribution in [0.5, 0.6) is 0 Å². The molecule has 0 radical (unpaired) electrons. The van der Waals surface area contributed by atoms with Crippen molar-refractivity contribution in [2.24, 2.45) is 5.41 Å². The van der Waals surface area contributed by atoms with Crippen LogP contribution in [0, 0.1) is 5.41 Å². The van der Waals surface area contributed by atoms with Crippen molar-refractivity contribution in [3.63, 3.8) is 0 Å². The molecule has 0 aliphatic carbocycles. The highest BCUT2D eigenvalue weighted by Crippen LogP contribution is 2.35. The van der Waals surface area contributed by atoms with E-state index in [1.165, 1.54) is 0 Å².